The van der Waals surface area contributed by atoms with Gasteiger partial charge in [0.15, 0.2) is 0 Å². The molecule has 2 heterocycles. The molecule has 1 saturated heterocycles. The van der Waals surface area contributed by atoms with Crippen LogP contribution in [0.25, 0.3) is 11.3 Å². The van der Waals surface area contributed by atoms with Gasteiger partial charge in [-0.2, -0.15) is 0 Å². The van der Waals surface area contributed by atoms with Crippen LogP contribution in [-0.2, 0) is 4.74 Å². The van der Waals surface area contributed by atoms with Crippen molar-refractivity contribution in [3.05, 3.63) is 40.2 Å². The number of nitrogens with zero attached hydrogens (tertiary/aromatic N) is 1. The van der Waals surface area contributed by atoms with E-state index in [9.17, 15) is 0 Å². The minimum absolute atomic E-state index is 0.248. The Hall–Kier alpha value is -1.23. The highest BCUT2D eigenvalue weighted by Crippen LogP contribution is 2.27. The van der Waals surface area contributed by atoms with Gasteiger partial charge in [-0.25, -0.2) is 4.98 Å². The molecule has 0 bridgehead atoms. The molecular formula is C16H20N2OS. The lowest BCUT2D eigenvalue weighted by Gasteiger charge is -2.21. The highest BCUT2D eigenvalue weighted by atomic mass is 32.1. The molecule has 1 aromatic heterocycles. The minimum Gasteiger partial charge on any atom is -0.378 e. The largest absolute Gasteiger partial charge is 0.378 e. The van der Waals surface area contributed by atoms with Crippen LogP contribution in [0.2, 0.25) is 0 Å². The van der Waals surface area contributed by atoms with Gasteiger partial charge in [0.1, 0.15) is 5.01 Å². The van der Waals surface area contributed by atoms with Gasteiger partial charge in [-0.1, -0.05) is 38.1 Å². The van der Waals surface area contributed by atoms with E-state index >= 15 is 0 Å². The summed E-state index contributed by atoms with van der Waals surface area (Å²) >= 11 is 1.71. The van der Waals surface area contributed by atoms with Gasteiger partial charge >= 0.3 is 0 Å². The zero-order valence-electron chi connectivity index (χ0n) is 11.9. The average Bonchev–Trinajstić information content (AvgIpc) is 2.98. The summed E-state index contributed by atoms with van der Waals surface area (Å²) in [5.74, 6) is 0.568. The average molecular weight is 288 g/mol. The number of aromatic nitrogens is 1. The Morgan fingerprint density at radius 1 is 1.30 bits per heavy atom. The van der Waals surface area contributed by atoms with Crippen molar-refractivity contribution in [1.82, 2.24) is 10.3 Å². The van der Waals surface area contributed by atoms with E-state index in [0.717, 1.165) is 30.5 Å². The molecule has 3 rings (SSSR count). The maximum Gasteiger partial charge on any atom is 0.113 e. The van der Waals surface area contributed by atoms with Crippen LogP contribution in [0.3, 0.4) is 0 Å². The number of morpholine rings is 1. The Labute approximate surface area is 124 Å². The maximum absolute atomic E-state index is 5.50. The van der Waals surface area contributed by atoms with E-state index in [1.54, 1.807) is 11.3 Å². The predicted molar refractivity (Wildman–Crippen MR) is 83.2 cm³/mol. The highest BCUT2D eigenvalue weighted by Gasteiger charge is 2.18. The topological polar surface area (TPSA) is 34.1 Å². The first-order chi connectivity index (χ1) is 9.74. The van der Waals surface area contributed by atoms with E-state index in [2.05, 4.69) is 48.8 Å². The van der Waals surface area contributed by atoms with Crippen molar-refractivity contribution in [2.45, 2.75) is 25.8 Å². The molecule has 0 radical (unpaired) electrons. The van der Waals surface area contributed by atoms with E-state index < -0.39 is 0 Å². The van der Waals surface area contributed by atoms with Crippen LogP contribution in [0.4, 0.5) is 0 Å². The van der Waals surface area contributed by atoms with Crippen LogP contribution in [0.5, 0.6) is 0 Å². The second kappa shape index (κ2) is 6.04. The van der Waals surface area contributed by atoms with Crippen molar-refractivity contribution in [2.24, 2.45) is 0 Å². The van der Waals surface area contributed by atoms with Gasteiger partial charge in [-0.3, -0.25) is 0 Å². The summed E-state index contributed by atoms with van der Waals surface area (Å²) in [6.07, 6.45) is 0. The molecule has 3 nitrogen and oxygen atoms in total. The lowest BCUT2D eigenvalue weighted by atomic mass is 10.0. The van der Waals surface area contributed by atoms with Crippen molar-refractivity contribution in [3.8, 4) is 11.3 Å². The lowest BCUT2D eigenvalue weighted by Crippen LogP contribution is -2.34. The standard InChI is InChI=1S/C16H20N2OS/c1-11(2)12-3-5-13(6-4-12)15-10-20-16(18-15)14-9-19-8-7-17-14/h3-6,10-11,14,17H,7-9H2,1-2H3. The van der Waals surface area contributed by atoms with E-state index in [1.165, 1.54) is 11.1 Å². The zero-order valence-corrected chi connectivity index (χ0v) is 12.7. The van der Waals surface area contributed by atoms with Gasteiger partial charge in [-0.15, -0.1) is 11.3 Å². The molecule has 2 aromatic rings. The van der Waals surface area contributed by atoms with Gasteiger partial charge in [0.05, 0.1) is 24.9 Å². The van der Waals surface area contributed by atoms with Crippen molar-refractivity contribution in [3.63, 3.8) is 0 Å². The first-order valence-corrected chi connectivity index (χ1v) is 7.99. The first-order valence-electron chi connectivity index (χ1n) is 7.11. The van der Waals surface area contributed by atoms with Gasteiger partial charge in [0, 0.05) is 17.5 Å². The molecule has 4 heteroatoms. The second-order valence-electron chi connectivity index (χ2n) is 5.43. The SMILES string of the molecule is CC(C)c1ccc(-c2csc(C3COCCN3)n2)cc1. The van der Waals surface area contributed by atoms with Crippen LogP contribution in [0.15, 0.2) is 29.6 Å². The van der Waals surface area contributed by atoms with E-state index in [1.807, 2.05) is 0 Å². The van der Waals surface area contributed by atoms with Crippen LogP contribution in [0.1, 0.15) is 36.4 Å². The monoisotopic (exact) mass is 288 g/mol. The Morgan fingerprint density at radius 3 is 2.75 bits per heavy atom. The zero-order chi connectivity index (χ0) is 13.9. The number of hydrogen-bond donors (Lipinski definition) is 1. The van der Waals surface area contributed by atoms with Gasteiger partial charge in [0.25, 0.3) is 0 Å². The van der Waals surface area contributed by atoms with E-state index in [4.69, 9.17) is 9.72 Å². The van der Waals surface area contributed by atoms with Crippen LogP contribution in [0, 0.1) is 0 Å². The number of benzene rings is 1. The highest BCUT2D eigenvalue weighted by molar-refractivity contribution is 7.10. The molecule has 1 atom stereocenters. The molecule has 20 heavy (non-hydrogen) atoms. The number of rotatable bonds is 3. The first kappa shape index (κ1) is 13.7. The van der Waals surface area contributed by atoms with Crippen LogP contribution < -0.4 is 5.32 Å². The van der Waals surface area contributed by atoms with Crippen molar-refractivity contribution < 1.29 is 4.74 Å². The quantitative estimate of drug-likeness (QED) is 0.937. The lowest BCUT2D eigenvalue weighted by molar-refractivity contribution is 0.0768. The van der Waals surface area contributed by atoms with Gasteiger partial charge in [0.2, 0.25) is 0 Å². The third kappa shape index (κ3) is 2.92. The molecule has 1 N–H and O–H groups in total. The summed E-state index contributed by atoms with van der Waals surface area (Å²) in [5, 5.41) is 6.70. The van der Waals surface area contributed by atoms with Crippen LogP contribution >= 0.6 is 11.3 Å². The molecule has 1 aromatic carbocycles. The summed E-state index contributed by atoms with van der Waals surface area (Å²) in [6.45, 7) is 6.85. The van der Waals surface area contributed by atoms with Crippen molar-refractivity contribution >= 4 is 11.3 Å². The Bertz CT molecular complexity index is 556. The fourth-order valence-corrected chi connectivity index (χ4v) is 3.23. The molecule has 1 aliphatic rings. The van der Waals surface area contributed by atoms with E-state index in [0.29, 0.717) is 5.92 Å². The minimum atomic E-state index is 0.248. The summed E-state index contributed by atoms with van der Waals surface area (Å²) < 4.78 is 5.50. The summed E-state index contributed by atoms with van der Waals surface area (Å²) in [5.41, 5.74) is 3.62. The fourth-order valence-electron chi connectivity index (χ4n) is 2.34. The molecule has 106 valence electrons. The Balaban J connectivity index is 1.78. The summed E-state index contributed by atoms with van der Waals surface area (Å²) in [6, 6.07) is 8.97. The number of nitrogens with one attached hydrogen (secondary N) is 1. The molecule has 0 saturated carbocycles. The molecule has 0 amide bonds. The second-order valence-corrected chi connectivity index (χ2v) is 6.32. The third-order valence-electron chi connectivity index (χ3n) is 3.61. The summed E-state index contributed by atoms with van der Waals surface area (Å²) in [7, 11) is 0. The molecular weight excluding hydrogens is 268 g/mol. The number of hydrogen-bond acceptors (Lipinski definition) is 4. The number of thiazole rings is 1. The normalized spacial score (nSPS) is 19.4. The molecule has 0 aliphatic carbocycles. The summed E-state index contributed by atoms with van der Waals surface area (Å²) in [4.78, 5) is 4.75. The molecule has 1 aliphatic heterocycles. The third-order valence-corrected chi connectivity index (χ3v) is 4.57. The Morgan fingerprint density at radius 2 is 2.10 bits per heavy atom. The molecule has 0 spiro atoms. The predicted octanol–water partition coefficient (Wildman–Crippen LogP) is 3.59. The van der Waals surface area contributed by atoms with Gasteiger partial charge < -0.3 is 10.1 Å². The van der Waals surface area contributed by atoms with Gasteiger partial charge in [-0.05, 0) is 11.5 Å². The number of ether oxygens (including phenoxy) is 1. The van der Waals surface area contributed by atoms with E-state index in [-0.39, 0.29) is 6.04 Å². The molecule has 1 fully saturated rings. The molecule has 1 unspecified atom stereocenters. The maximum atomic E-state index is 5.50. The smallest absolute Gasteiger partial charge is 0.113 e. The Kier molecular flexibility index (Phi) is 4.15. The van der Waals surface area contributed by atoms with Crippen molar-refractivity contribution in [1.29, 1.82) is 0 Å². The van der Waals surface area contributed by atoms with Crippen LogP contribution in [-0.4, -0.2) is 24.7 Å². The van der Waals surface area contributed by atoms with Crippen molar-refractivity contribution in [2.75, 3.05) is 19.8 Å². The fraction of sp³-hybridized carbons (Fsp3) is 0.438.